The number of rotatable bonds is 23. The number of nitrogens with zero attached hydrogens (tertiary/aromatic N) is 1. The number of aliphatic hydroxyl groups is 3. The lowest BCUT2D eigenvalue weighted by molar-refractivity contribution is -0.323. The molecule has 5 aliphatic carbocycles. The quantitative estimate of drug-likeness (QED) is 0.0631. The van der Waals surface area contributed by atoms with Gasteiger partial charge in [0, 0.05) is 82.5 Å². The van der Waals surface area contributed by atoms with Crippen molar-refractivity contribution in [2.24, 2.45) is 34.5 Å². The van der Waals surface area contributed by atoms with Crippen LogP contribution in [0.4, 0.5) is 0 Å². The highest BCUT2D eigenvalue weighted by Crippen LogP contribution is 2.80. The van der Waals surface area contributed by atoms with Crippen molar-refractivity contribution in [3.63, 3.8) is 0 Å². The van der Waals surface area contributed by atoms with Crippen LogP contribution in [0.25, 0.3) is 0 Å². The molecule has 0 amide bonds. The lowest BCUT2D eigenvalue weighted by Crippen LogP contribution is -2.81. The van der Waals surface area contributed by atoms with Gasteiger partial charge in [0.05, 0.1) is 30.5 Å². The van der Waals surface area contributed by atoms with E-state index in [1.54, 1.807) is 45.6 Å². The molecular weight excluding hydrogens is 791 g/mol. The number of methoxy groups -OCH3 is 4. The van der Waals surface area contributed by atoms with Crippen molar-refractivity contribution >= 4 is 11.9 Å². The maximum Gasteiger partial charge on any atom is 0.338 e. The number of hydrogen-bond donors (Lipinski definition) is 3. The van der Waals surface area contributed by atoms with Crippen LogP contribution < -0.4 is 0 Å². The number of fused-ring (bicyclic) bond motifs is 2. The summed E-state index contributed by atoms with van der Waals surface area (Å²) in [6, 6.07) is 8.29. The van der Waals surface area contributed by atoms with Crippen LogP contribution in [-0.4, -0.2) is 134 Å². The molecule has 1 aromatic rings. The second kappa shape index (κ2) is 19.8. The molecule has 3 N–H and O–H groups in total. The van der Waals surface area contributed by atoms with Gasteiger partial charge in [-0.25, -0.2) is 4.79 Å². The number of carbonyl (C=O) groups excluding carboxylic acids is 2. The van der Waals surface area contributed by atoms with E-state index in [9.17, 15) is 24.9 Å². The highest BCUT2D eigenvalue weighted by molar-refractivity contribution is 5.89. The number of aliphatic hydroxyl groups excluding tert-OH is 2. The second-order valence-electron chi connectivity index (χ2n) is 19.3. The van der Waals surface area contributed by atoms with Gasteiger partial charge in [-0.2, -0.15) is 0 Å². The van der Waals surface area contributed by atoms with E-state index >= 15 is 0 Å². The summed E-state index contributed by atoms with van der Waals surface area (Å²) in [5.41, 5.74) is -4.87. The lowest BCUT2D eigenvalue weighted by Gasteiger charge is -2.70. The monoisotopic (exact) mass is 866 g/mol. The summed E-state index contributed by atoms with van der Waals surface area (Å²) in [6.07, 6.45) is 15.2. The van der Waals surface area contributed by atoms with E-state index in [2.05, 4.69) is 43.1 Å². The largest absolute Gasteiger partial charge is 0.455 e. The van der Waals surface area contributed by atoms with Crippen LogP contribution in [0.3, 0.4) is 0 Å². The third-order valence-electron chi connectivity index (χ3n) is 16.5. The average molecular weight is 866 g/mol. The molecule has 7 bridgehead atoms. The molecule has 0 radical (unpaired) electrons. The van der Waals surface area contributed by atoms with Crippen molar-refractivity contribution in [1.29, 1.82) is 0 Å². The predicted molar refractivity (Wildman–Crippen MR) is 234 cm³/mol. The van der Waals surface area contributed by atoms with Crippen LogP contribution in [0.5, 0.6) is 0 Å². The molecule has 6 fully saturated rings. The molecule has 5 saturated carbocycles. The lowest BCUT2D eigenvalue weighted by atomic mass is 9.42. The molecule has 15 atom stereocenters. The molecule has 12 heteroatoms. The van der Waals surface area contributed by atoms with Gasteiger partial charge in [-0.05, 0) is 69.5 Å². The Hall–Kier alpha value is -2.68. The van der Waals surface area contributed by atoms with E-state index in [1.165, 1.54) is 26.4 Å². The zero-order valence-electron chi connectivity index (χ0n) is 38.1. The topological polar surface area (TPSA) is 153 Å². The molecule has 7 rings (SSSR count). The van der Waals surface area contributed by atoms with Gasteiger partial charge in [-0.15, -0.1) is 0 Å². The Kier molecular flexibility index (Phi) is 15.1. The third kappa shape index (κ3) is 7.54. The SMILES string of the molecule is CCCCCC=CCC=CCCCCCCCC(=O)OC12C(O)C(OC)C3(O)CC(C1C3OC(=O)c1ccccc1)C13C(OC)CC(O)C4(COC)CN(CC)C1C2C(OC)C43. The number of esters is 2. The average Bonchev–Trinajstić information content (AvgIpc) is 3.65. The Morgan fingerprint density at radius 2 is 1.53 bits per heavy atom. The Morgan fingerprint density at radius 3 is 2.18 bits per heavy atom. The first-order valence-electron chi connectivity index (χ1n) is 23.7. The fraction of sp³-hybridized carbons (Fsp3) is 0.760. The van der Waals surface area contributed by atoms with Crippen LogP contribution in [0, 0.1) is 34.5 Å². The summed E-state index contributed by atoms with van der Waals surface area (Å²) in [7, 11) is 6.40. The number of likely N-dealkylation sites (tertiary alicyclic amines) is 1. The van der Waals surface area contributed by atoms with E-state index in [1.807, 2.05) is 6.07 Å². The zero-order chi connectivity index (χ0) is 44.3. The van der Waals surface area contributed by atoms with E-state index in [0.717, 1.165) is 44.9 Å². The molecule has 1 heterocycles. The highest BCUT2D eigenvalue weighted by Gasteiger charge is 2.92. The summed E-state index contributed by atoms with van der Waals surface area (Å²) >= 11 is 0. The summed E-state index contributed by atoms with van der Waals surface area (Å²) in [5.74, 6) is -3.53. The standard InChI is InChI=1S/C50H75NO11/c1-7-9-10-11-12-13-14-15-16-17-18-19-20-21-25-28-37(53)62-50-38-34(30-48(56,45(60-6)43(50)54)44(38)61-46(55)33-26-23-22-24-27-33)49-36(58-4)29-35(52)47(32-57-3)31-51(8-2)42(49)39(50)40(59-5)41(47)49/h12-13,15-16,22-24,26-27,34-36,38-45,52,54,56H,7-11,14,17-21,25,28-32H2,1-6H3. The Morgan fingerprint density at radius 1 is 0.839 bits per heavy atom. The van der Waals surface area contributed by atoms with Crippen molar-refractivity contribution in [1.82, 2.24) is 4.90 Å². The Labute approximate surface area is 369 Å². The molecule has 346 valence electrons. The maximum absolute atomic E-state index is 14.6. The Balaban J connectivity index is 1.20. The first-order valence-corrected chi connectivity index (χ1v) is 23.7. The normalized spacial score (nSPS) is 40.4. The minimum atomic E-state index is -1.85. The number of carbonyl (C=O) groups is 2. The van der Waals surface area contributed by atoms with Crippen molar-refractivity contribution in [2.75, 3.05) is 48.1 Å². The summed E-state index contributed by atoms with van der Waals surface area (Å²) in [6.45, 7) is 5.63. The van der Waals surface area contributed by atoms with Gasteiger partial charge in [-0.1, -0.05) is 88.5 Å². The molecule has 62 heavy (non-hydrogen) atoms. The van der Waals surface area contributed by atoms with Gasteiger partial charge in [0.15, 0.2) is 5.60 Å². The predicted octanol–water partition coefficient (Wildman–Crippen LogP) is 6.44. The van der Waals surface area contributed by atoms with Crippen LogP contribution in [0.2, 0.25) is 0 Å². The zero-order valence-corrected chi connectivity index (χ0v) is 38.1. The first kappa shape index (κ1) is 47.3. The number of hydrogen-bond acceptors (Lipinski definition) is 12. The number of piperidine rings is 1. The summed E-state index contributed by atoms with van der Waals surface area (Å²) in [5, 5.41) is 38.4. The molecule has 1 aromatic carbocycles. The van der Waals surface area contributed by atoms with E-state index in [-0.39, 0.29) is 31.4 Å². The van der Waals surface area contributed by atoms with E-state index in [4.69, 9.17) is 28.4 Å². The van der Waals surface area contributed by atoms with Gasteiger partial charge in [0.2, 0.25) is 0 Å². The fourth-order valence-electron chi connectivity index (χ4n) is 14.4. The molecule has 0 aromatic heterocycles. The molecule has 12 nitrogen and oxygen atoms in total. The molecule has 1 spiro atoms. The minimum absolute atomic E-state index is 0.0803. The van der Waals surface area contributed by atoms with Crippen LogP contribution in [0.1, 0.15) is 114 Å². The molecular formula is C50H75NO11. The summed E-state index contributed by atoms with van der Waals surface area (Å²) in [4.78, 5) is 31.0. The van der Waals surface area contributed by atoms with E-state index in [0.29, 0.717) is 31.5 Å². The van der Waals surface area contributed by atoms with Gasteiger partial charge >= 0.3 is 11.9 Å². The van der Waals surface area contributed by atoms with Crippen LogP contribution in [0.15, 0.2) is 54.6 Å². The van der Waals surface area contributed by atoms with E-state index < -0.39 is 88.3 Å². The fourth-order valence-corrected chi connectivity index (χ4v) is 14.4. The van der Waals surface area contributed by atoms with Crippen molar-refractivity contribution in [2.45, 2.75) is 158 Å². The molecule has 1 aliphatic heterocycles. The smallest absolute Gasteiger partial charge is 0.338 e. The minimum Gasteiger partial charge on any atom is -0.455 e. The van der Waals surface area contributed by atoms with Crippen molar-refractivity contribution in [3.05, 3.63) is 60.2 Å². The maximum atomic E-state index is 14.6. The van der Waals surface area contributed by atoms with Crippen LogP contribution in [-0.2, 0) is 33.2 Å². The summed E-state index contributed by atoms with van der Waals surface area (Å²) < 4.78 is 38.7. The van der Waals surface area contributed by atoms with Crippen LogP contribution >= 0.6 is 0 Å². The number of allylic oxidation sites excluding steroid dienone is 4. The number of benzene rings is 1. The second-order valence-corrected chi connectivity index (χ2v) is 19.3. The van der Waals surface area contributed by atoms with Crippen molar-refractivity contribution in [3.8, 4) is 0 Å². The molecule has 1 saturated heterocycles. The highest BCUT2D eigenvalue weighted by atomic mass is 16.6. The van der Waals surface area contributed by atoms with Gasteiger partial charge < -0.3 is 43.7 Å². The molecule has 6 aliphatic rings. The van der Waals surface area contributed by atoms with Gasteiger partial charge in [0.1, 0.15) is 23.9 Å². The van der Waals surface area contributed by atoms with Gasteiger partial charge in [-0.3, -0.25) is 9.69 Å². The molecule has 15 unspecified atom stereocenters. The third-order valence-corrected chi connectivity index (χ3v) is 16.5. The van der Waals surface area contributed by atoms with Gasteiger partial charge in [0.25, 0.3) is 0 Å². The Bertz CT molecular complexity index is 1720. The number of ether oxygens (including phenoxy) is 6. The number of unbranched alkanes of at least 4 members (excludes halogenated alkanes) is 8. The first-order chi connectivity index (χ1) is 30.0. The van der Waals surface area contributed by atoms with Crippen molar-refractivity contribution < 1.29 is 53.3 Å².